The first kappa shape index (κ1) is 18.9. The Labute approximate surface area is 155 Å². The standard InChI is InChI=1S/C20H21F2NO2S/c1-12-2-3-13(10-19(12)26-16-7-5-15(24)6-8-16)20(25)23-14-4-9-17(21)18(22)11-14/h2-4,9-11,15-16,24H,5-8H2,1H3,(H,23,25). The summed E-state index contributed by atoms with van der Waals surface area (Å²) in [4.78, 5) is 13.5. The molecular weight excluding hydrogens is 356 g/mol. The SMILES string of the molecule is Cc1ccc(C(=O)Nc2ccc(F)c(F)c2)cc1SC1CCC(O)CC1. The number of aliphatic hydroxyl groups excluding tert-OH is 1. The largest absolute Gasteiger partial charge is 0.393 e. The van der Waals surface area contributed by atoms with Crippen LogP contribution in [0.2, 0.25) is 0 Å². The Morgan fingerprint density at radius 2 is 1.81 bits per heavy atom. The number of rotatable bonds is 4. The Hall–Kier alpha value is -1.92. The van der Waals surface area contributed by atoms with Crippen molar-refractivity contribution in [3.8, 4) is 0 Å². The topological polar surface area (TPSA) is 49.3 Å². The van der Waals surface area contributed by atoms with Gasteiger partial charge in [-0.05, 0) is 62.4 Å². The van der Waals surface area contributed by atoms with E-state index in [1.54, 1.807) is 17.8 Å². The van der Waals surface area contributed by atoms with Crippen LogP contribution in [-0.4, -0.2) is 22.4 Å². The van der Waals surface area contributed by atoms with Gasteiger partial charge in [-0.2, -0.15) is 0 Å². The number of nitrogens with one attached hydrogen (secondary N) is 1. The number of amides is 1. The van der Waals surface area contributed by atoms with Gasteiger partial charge < -0.3 is 10.4 Å². The molecule has 0 atom stereocenters. The van der Waals surface area contributed by atoms with Gasteiger partial charge >= 0.3 is 0 Å². The zero-order valence-corrected chi connectivity index (χ0v) is 15.3. The molecule has 2 aromatic carbocycles. The Morgan fingerprint density at radius 1 is 1.08 bits per heavy atom. The van der Waals surface area contributed by atoms with Gasteiger partial charge in [-0.1, -0.05) is 6.07 Å². The van der Waals surface area contributed by atoms with Crippen molar-refractivity contribution in [1.82, 2.24) is 0 Å². The van der Waals surface area contributed by atoms with Crippen molar-refractivity contribution in [2.45, 2.75) is 48.9 Å². The summed E-state index contributed by atoms with van der Waals surface area (Å²) in [6.45, 7) is 2.00. The number of carbonyl (C=O) groups is 1. The quantitative estimate of drug-likeness (QED) is 0.795. The van der Waals surface area contributed by atoms with Crippen molar-refractivity contribution in [1.29, 1.82) is 0 Å². The van der Waals surface area contributed by atoms with Crippen LogP contribution in [0.15, 0.2) is 41.3 Å². The molecule has 0 spiro atoms. The maximum absolute atomic E-state index is 13.3. The molecule has 1 amide bonds. The molecule has 0 aliphatic heterocycles. The highest BCUT2D eigenvalue weighted by Crippen LogP contribution is 2.35. The van der Waals surface area contributed by atoms with Crippen LogP contribution in [0, 0.1) is 18.6 Å². The van der Waals surface area contributed by atoms with Crippen LogP contribution < -0.4 is 5.32 Å². The van der Waals surface area contributed by atoms with Crippen LogP contribution in [0.5, 0.6) is 0 Å². The van der Waals surface area contributed by atoms with Crippen LogP contribution in [0.25, 0.3) is 0 Å². The van der Waals surface area contributed by atoms with E-state index in [0.717, 1.165) is 48.3 Å². The lowest BCUT2D eigenvalue weighted by Gasteiger charge is -2.25. The van der Waals surface area contributed by atoms with Gasteiger partial charge in [0.25, 0.3) is 5.91 Å². The summed E-state index contributed by atoms with van der Waals surface area (Å²) in [5.74, 6) is -2.31. The molecule has 3 nitrogen and oxygen atoms in total. The Bertz CT molecular complexity index is 804. The number of hydrogen-bond donors (Lipinski definition) is 2. The number of hydrogen-bond acceptors (Lipinski definition) is 3. The second-order valence-corrected chi connectivity index (χ2v) is 7.95. The number of aryl methyl sites for hydroxylation is 1. The minimum atomic E-state index is -0.998. The van der Waals surface area contributed by atoms with E-state index in [-0.39, 0.29) is 17.7 Å². The Morgan fingerprint density at radius 3 is 2.50 bits per heavy atom. The van der Waals surface area contributed by atoms with Crippen molar-refractivity contribution < 1.29 is 18.7 Å². The Balaban J connectivity index is 1.71. The molecule has 6 heteroatoms. The van der Waals surface area contributed by atoms with E-state index in [2.05, 4.69) is 5.32 Å². The summed E-state index contributed by atoms with van der Waals surface area (Å²) < 4.78 is 26.3. The molecule has 1 aliphatic carbocycles. The fourth-order valence-corrected chi connectivity index (χ4v) is 4.30. The Kier molecular flexibility index (Phi) is 5.94. The molecule has 138 valence electrons. The van der Waals surface area contributed by atoms with E-state index in [9.17, 15) is 18.7 Å². The van der Waals surface area contributed by atoms with Crippen molar-refractivity contribution in [3.05, 3.63) is 59.2 Å². The third kappa shape index (κ3) is 4.62. The van der Waals surface area contributed by atoms with Gasteiger partial charge in [0, 0.05) is 27.5 Å². The van der Waals surface area contributed by atoms with E-state index in [1.165, 1.54) is 6.07 Å². The molecule has 1 saturated carbocycles. The van der Waals surface area contributed by atoms with Crippen LogP contribution in [0.3, 0.4) is 0 Å². The van der Waals surface area contributed by atoms with Gasteiger partial charge in [-0.25, -0.2) is 8.78 Å². The molecule has 26 heavy (non-hydrogen) atoms. The fraction of sp³-hybridized carbons (Fsp3) is 0.350. The number of anilines is 1. The first-order chi connectivity index (χ1) is 12.4. The molecule has 0 heterocycles. The predicted octanol–water partition coefficient (Wildman–Crippen LogP) is 4.92. The van der Waals surface area contributed by atoms with Gasteiger partial charge in [0.05, 0.1) is 6.10 Å². The third-order valence-electron chi connectivity index (χ3n) is 4.57. The van der Waals surface area contributed by atoms with Gasteiger partial charge in [0.2, 0.25) is 0 Å². The fourth-order valence-electron chi connectivity index (χ4n) is 2.99. The molecule has 2 N–H and O–H groups in total. The van der Waals surface area contributed by atoms with E-state index >= 15 is 0 Å². The van der Waals surface area contributed by atoms with Crippen molar-refractivity contribution in [2.75, 3.05) is 5.32 Å². The summed E-state index contributed by atoms with van der Waals surface area (Å²) in [5, 5.41) is 12.7. The number of thioether (sulfide) groups is 1. The number of aliphatic hydroxyl groups is 1. The summed E-state index contributed by atoms with van der Waals surface area (Å²) in [6, 6.07) is 8.72. The van der Waals surface area contributed by atoms with Crippen LogP contribution >= 0.6 is 11.8 Å². The molecule has 1 fully saturated rings. The first-order valence-corrected chi connectivity index (χ1v) is 9.52. The van der Waals surface area contributed by atoms with Crippen molar-refractivity contribution >= 4 is 23.4 Å². The van der Waals surface area contributed by atoms with Crippen LogP contribution in [0.4, 0.5) is 14.5 Å². The lowest BCUT2D eigenvalue weighted by Crippen LogP contribution is -2.19. The molecule has 0 saturated heterocycles. The highest BCUT2D eigenvalue weighted by Gasteiger charge is 2.21. The lowest BCUT2D eigenvalue weighted by atomic mass is 9.97. The van der Waals surface area contributed by atoms with E-state index < -0.39 is 11.6 Å². The van der Waals surface area contributed by atoms with E-state index in [0.29, 0.717) is 10.8 Å². The zero-order valence-electron chi connectivity index (χ0n) is 14.5. The maximum Gasteiger partial charge on any atom is 0.255 e. The van der Waals surface area contributed by atoms with Gasteiger partial charge in [0.1, 0.15) is 0 Å². The van der Waals surface area contributed by atoms with Crippen LogP contribution in [-0.2, 0) is 0 Å². The van der Waals surface area contributed by atoms with Gasteiger partial charge in [0.15, 0.2) is 11.6 Å². The monoisotopic (exact) mass is 377 g/mol. The minimum absolute atomic E-state index is 0.193. The summed E-state index contributed by atoms with van der Waals surface area (Å²) in [6.07, 6.45) is 3.34. The summed E-state index contributed by atoms with van der Waals surface area (Å²) >= 11 is 1.73. The molecule has 1 aliphatic rings. The lowest BCUT2D eigenvalue weighted by molar-refractivity contribution is 0.102. The van der Waals surface area contributed by atoms with Crippen molar-refractivity contribution in [2.24, 2.45) is 0 Å². The second-order valence-electron chi connectivity index (χ2n) is 6.61. The number of carbonyl (C=O) groups excluding carboxylic acids is 1. The normalized spacial score (nSPS) is 20.0. The highest BCUT2D eigenvalue weighted by atomic mass is 32.2. The molecule has 2 aromatic rings. The van der Waals surface area contributed by atoms with E-state index in [1.807, 2.05) is 19.1 Å². The molecule has 0 radical (unpaired) electrons. The van der Waals surface area contributed by atoms with Gasteiger partial charge in [-0.3, -0.25) is 4.79 Å². The second kappa shape index (κ2) is 8.18. The summed E-state index contributed by atoms with van der Waals surface area (Å²) in [7, 11) is 0. The molecule has 0 unspecified atom stereocenters. The van der Waals surface area contributed by atoms with Crippen molar-refractivity contribution in [3.63, 3.8) is 0 Å². The molecule has 0 bridgehead atoms. The first-order valence-electron chi connectivity index (χ1n) is 8.64. The predicted molar refractivity (Wildman–Crippen MR) is 99.6 cm³/mol. The zero-order chi connectivity index (χ0) is 18.7. The average molecular weight is 377 g/mol. The van der Waals surface area contributed by atoms with Gasteiger partial charge in [-0.15, -0.1) is 11.8 Å². The number of halogens is 2. The number of benzene rings is 2. The minimum Gasteiger partial charge on any atom is -0.393 e. The summed E-state index contributed by atoms with van der Waals surface area (Å²) in [5.41, 5.74) is 1.77. The smallest absolute Gasteiger partial charge is 0.255 e. The maximum atomic E-state index is 13.3. The molecule has 0 aromatic heterocycles. The molecule has 3 rings (SSSR count). The third-order valence-corrected chi connectivity index (χ3v) is 6.06. The van der Waals surface area contributed by atoms with E-state index in [4.69, 9.17) is 0 Å². The highest BCUT2D eigenvalue weighted by molar-refractivity contribution is 8.00. The average Bonchev–Trinajstić information content (AvgIpc) is 2.62. The molecular formula is C20H21F2NO2S. The van der Waals surface area contributed by atoms with Crippen LogP contribution in [0.1, 0.15) is 41.6 Å².